The lowest BCUT2D eigenvalue weighted by Gasteiger charge is -2.22. The second-order valence-electron chi connectivity index (χ2n) is 5.35. The third kappa shape index (κ3) is 6.62. The van der Waals surface area contributed by atoms with E-state index < -0.39 is 0 Å². The first-order valence-electron chi connectivity index (χ1n) is 8.05. The second kappa shape index (κ2) is 10.7. The fraction of sp³-hybridized carbons (Fsp3) is 0.333. The predicted octanol–water partition coefficient (Wildman–Crippen LogP) is 3.76. The van der Waals surface area contributed by atoms with Gasteiger partial charge in [0.1, 0.15) is 5.75 Å². The van der Waals surface area contributed by atoms with Gasteiger partial charge in [-0.2, -0.15) is 0 Å². The van der Waals surface area contributed by atoms with Crippen LogP contribution in [0.15, 0.2) is 47.1 Å². The molecule has 0 spiro atoms. The summed E-state index contributed by atoms with van der Waals surface area (Å²) in [5.74, 6) is 1.12. The zero-order valence-electron chi connectivity index (χ0n) is 14.8. The van der Waals surface area contributed by atoms with Gasteiger partial charge in [0, 0.05) is 37.8 Å². The lowest BCUT2D eigenvalue weighted by molar-refractivity contribution is 0.127. The van der Waals surface area contributed by atoms with Gasteiger partial charge in [0.2, 0.25) is 5.88 Å². The summed E-state index contributed by atoms with van der Waals surface area (Å²) in [7, 11) is 3.20. The minimum Gasteiger partial charge on any atom is -0.439 e. The molecule has 1 aromatic heterocycles. The molecule has 0 unspecified atom stereocenters. The molecule has 7 nitrogen and oxygen atoms in total. The van der Waals surface area contributed by atoms with Gasteiger partial charge >= 0.3 is 6.03 Å². The Morgan fingerprint density at radius 1 is 1.15 bits per heavy atom. The molecule has 2 amide bonds. The van der Waals surface area contributed by atoms with Crippen molar-refractivity contribution in [1.29, 1.82) is 0 Å². The van der Waals surface area contributed by atoms with E-state index in [1.54, 1.807) is 37.4 Å². The Labute approximate surface area is 161 Å². The Morgan fingerprint density at radius 2 is 1.88 bits per heavy atom. The molecule has 8 heteroatoms. The van der Waals surface area contributed by atoms with E-state index in [1.807, 2.05) is 24.3 Å². The summed E-state index contributed by atoms with van der Waals surface area (Å²) in [5, 5.41) is 2.81. The van der Waals surface area contributed by atoms with Crippen molar-refractivity contribution in [2.75, 3.05) is 45.8 Å². The Bertz CT molecular complexity index is 689. The van der Waals surface area contributed by atoms with E-state index in [1.165, 1.54) is 0 Å². The summed E-state index contributed by atoms with van der Waals surface area (Å²) in [6, 6.07) is 10.7. The number of anilines is 1. The fourth-order valence-electron chi connectivity index (χ4n) is 2.09. The fourth-order valence-corrected chi connectivity index (χ4v) is 2.46. The van der Waals surface area contributed by atoms with Crippen LogP contribution < -0.4 is 10.1 Å². The highest BCUT2D eigenvalue weighted by atomic mass is 79.9. The maximum absolute atomic E-state index is 12.4. The summed E-state index contributed by atoms with van der Waals surface area (Å²) in [4.78, 5) is 18.2. The number of benzene rings is 1. The molecule has 0 aliphatic rings. The molecule has 1 aromatic carbocycles. The predicted molar refractivity (Wildman–Crippen MR) is 103 cm³/mol. The standard InChI is InChI=1S/C18H22BrN3O4/c1-24-10-8-22(9-11-25-2)18(23)21-15-6-7-17(20-13-15)26-16-5-3-4-14(19)12-16/h3-7,12-13H,8-11H2,1-2H3,(H,21,23). The van der Waals surface area contributed by atoms with Gasteiger partial charge in [0.25, 0.3) is 0 Å². The van der Waals surface area contributed by atoms with Crippen molar-refractivity contribution in [3.63, 3.8) is 0 Å². The molecule has 1 heterocycles. The molecule has 0 saturated heterocycles. The number of rotatable bonds is 9. The second-order valence-corrected chi connectivity index (χ2v) is 6.26. The zero-order chi connectivity index (χ0) is 18.8. The third-order valence-corrected chi connectivity index (χ3v) is 3.92. The molecule has 1 N–H and O–H groups in total. The van der Waals surface area contributed by atoms with Crippen molar-refractivity contribution in [2.24, 2.45) is 0 Å². The molecule has 0 atom stereocenters. The molecular formula is C18H22BrN3O4. The largest absolute Gasteiger partial charge is 0.439 e. The highest BCUT2D eigenvalue weighted by molar-refractivity contribution is 9.10. The molecule has 0 aliphatic heterocycles. The number of halogens is 1. The Balaban J connectivity index is 1.95. The maximum atomic E-state index is 12.4. The number of carbonyl (C=O) groups excluding carboxylic acids is 1. The molecule has 0 aliphatic carbocycles. The average molecular weight is 424 g/mol. The molecule has 0 bridgehead atoms. The molecule has 0 radical (unpaired) electrons. The number of urea groups is 1. The Kier molecular flexibility index (Phi) is 8.33. The highest BCUT2D eigenvalue weighted by Crippen LogP contribution is 2.23. The highest BCUT2D eigenvalue weighted by Gasteiger charge is 2.13. The molecule has 0 saturated carbocycles. The zero-order valence-corrected chi connectivity index (χ0v) is 16.4. The van der Waals surface area contributed by atoms with Gasteiger partial charge in [-0.15, -0.1) is 0 Å². The van der Waals surface area contributed by atoms with Crippen LogP contribution >= 0.6 is 15.9 Å². The van der Waals surface area contributed by atoms with Gasteiger partial charge in [0.05, 0.1) is 25.1 Å². The normalized spacial score (nSPS) is 10.4. The number of hydrogen-bond acceptors (Lipinski definition) is 5. The number of aromatic nitrogens is 1. The Hall–Kier alpha value is -2.16. The Morgan fingerprint density at radius 3 is 2.46 bits per heavy atom. The molecule has 140 valence electrons. The third-order valence-electron chi connectivity index (χ3n) is 3.42. The van der Waals surface area contributed by atoms with Crippen LogP contribution in [0, 0.1) is 0 Å². The van der Waals surface area contributed by atoms with E-state index in [0.29, 0.717) is 43.6 Å². The summed E-state index contributed by atoms with van der Waals surface area (Å²) < 4.78 is 16.7. The molecule has 2 aromatic rings. The number of carbonyl (C=O) groups is 1. The van der Waals surface area contributed by atoms with Crippen LogP contribution in [0.2, 0.25) is 0 Å². The first kappa shape index (κ1) is 20.2. The minimum absolute atomic E-state index is 0.235. The molecule has 2 rings (SSSR count). The van der Waals surface area contributed by atoms with Crippen molar-refractivity contribution in [1.82, 2.24) is 9.88 Å². The summed E-state index contributed by atoms with van der Waals surface area (Å²) >= 11 is 3.39. The van der Waals surface area contributed by atoms with Crippen molar-refractivity contribution >= 4 is 27.6 Å². The van der Waals surface area contributed by atoms with Gasteiger partial charge in [-0.05, 0) is 24.3 Å². The number of nitrogens with zero attached hydrogens (tertiary/aromatic N) is 2. The summed E-state index contributed by atoms with van der Waals surface area (Å²) in [6.45, 7) is 1.86. The number of hydrogen-bond donors (Lipinski definition) is 1. The molecule has 26 heavy (non-hydrogen) atoms. The van der Waals surface area contributed by atoms with Crippen LogP contribution in [0.3, 0.4) is 0 Å². The average Bonchev–Trinajstić information content (AvgIpc) is 2.63. The number of ether oxygens (including phenoxy) is 3. The number of methoxy groups -OCH3 is 2. The number of pyridine rings is 1. The number of nitrogens with one attached hydrogen (secondary N) is 1. The van der Waals surface area contributed by atoms with Gasteiger partial charge in [0.15, 0.2) is 0 Å². The van der Waals surface area contributed by atoms with Crippen LogP contribution in [0.5, 0.6) is 11.6 Å². The van der Waals surface area contributed by atoms with E-state index in [2.05, 4.69) is 26.2 Å². The topological polar surface area (TPSA) is 72.9 Å². The van der Waals surface area contributed by atoms with E-state index >= 15 is 0 Å². The number of amides is 2. The first-order chi connectivity index (χ1) is 12.6. The lowest BCUT2D eigenvalue weighted by Crippen LogP contribution is -2.39. The van der Waals surface area contributed by atoms with Crippen molar-refractivity contribution in [3.05, 3.63) is 47.1 Å². The van der Waals surface area contributed by atoms with Gasteiger partial charge in [-0.1, -0.05) is 22.0 Å². The summed E-state index contributed by atoms with van der Waals surface area (Å²) in [6.07, 6.45) is 1.55. The minimum atomic E-state index is -0.235. The molecule has 0 fully saturated rings. The summed E-state index contributed by atoms with van der Waals surface area (Å²) in [5.41, 5.74) is 0.580. The van der Waals surface area contributed by atoms with E-state index in [4.69, 9.17) is 14.2 Å². The van der Waals surface area contributed by atoms with Crippen molar-refractivity contribution in [2.45, 2.75) is 0 Å². The maximum Gasteiger partial charge on any atom is 0.322 e. The van der Waals surface area contributed by atoms with E-state index in [-0.39, 0.29) is 6.03 Å². The van der Waals surface area contributed by atoms with Gasteiger partial charge in [-0.3, -0.25) is 0 Å². The van der Waals surface area contributed by atoms with Crippen LogP contribution in [-0.4, -0.2) is 56.4 Å². The van der Waals surface area contributed by atoms with Crippen LogP contribution in [-0.2, 0) is 9.47 Å². The van der Waals surface area contributed by atoms with Crippen LogP contribution in [0.4, 0.5) is 10.5 Å². The van der Waals surface area contributed by atoms with Crippen LogP contribution in [0.1, 0.15) is 0 Å². The van der Waals surface area contributed by atoms with E-state index in [9.17, 15) is 4.79 Å². The van der Waals surface area contributed by atoms with Crippen LogP contribution in [0.25, 0.3) is 0 Å². The SMILES string of the molecule is COCCN(CCOC)C(=O)Nc1ccc(Oc2cccc(Br)c2)nc1. The van der Waals surface area contributed by atoms with Crippen molar-refractivity contribution < 1.29 is 19.0 Å². The monoisotopic (exact) mass is 423 g/mol. The smallest absolute Gasteiger partial charge is 0.322 e. The molecular weight excluding hydrogens is 402 g/mol. The van der Waals surface area contributed by atoms with E-state index in [0.717, 1.165) is 4.47 Å². The first-order valence-corrected chi connectivity index (χ1v) is 8.85. The van der Waals surface area contributed by atoms with Crippen molar-refractivity contribution in [3.8, 4) is 11.6 Å². The lowest BCUT2D eigenvalue weighted by atomic mass is 10.3. The quantitative estimate of drug-likeness (QED) is 0.664. The van der Waals surface area contributed by atoms with Gasteiger partial charge < -0.3 is 24.4 Å². The van der Waals surface area contributed by atoms with Gasteiger partial charge in [-0.25, -0.2) is 9.78 Å².